The highest BCUT2D eigenvalue weighted by Gasteiger charge is 2.23. The van der Waals surface area contributed by atoms with Crippen molar-refractivity contribution >= 4 is 11.6 Å². The smallest absolute Gasteiger partial charge is 0.254 e. The number of anilines is 1. The van der Waals surface area contributed by atoms with Crippen molar-refractivity contribution in [1.82, 2.24) is 15.0 Å². The molecule has 0 aliphatic carbocycles. The Bertz CT molecular complexity index is 716. The number of carbonyl (C=O) groups is 1. The Morgan fingerprint density at radius 3 is 3.16 bits per heavy atom. The number of rotatable bonds is 6. The Morgan fingerprint density at radius 2 is 2.36 bits per heavy atom. The number of aliphatic hydroxyl groups excluding tert-OH is 1. The molecule has 0 spiro atoms. The molecule has 0 bridgehead atoms. The van der Waals surface area contributed by atoms with Gasteiger partial charge in [-0.05, 0) is 37.5 Å². The first kappa shape index (κ1) is 17.4. The van der Waals surface area contributed by atoms with Gasteiger partial charge in [0.2, 0.25) is 5.89 Å². The van der Waals surface area contributed by atoms with Crippen LogP contribution in [0.15, 0.2) is 28.8 Å². The first-order valence-electron chi connectivity index (χ1n) is 8.78. The maximum atomic E-state index is 12.6. The summed E-state index contributed by atoms with van der Waals surface area (Å²) in [6.07, 6.45) is 2.91. The fourth-order valence-electron chi connectivity index (χ4n) is 2.94. The number of piperidine rings is 1. The number of nitrogens with one attached hydrogen (secondary N) is 1. The Kier molecular flexibility index (Phi) is 5.65. The summed E-state index contributed by atoms with van der Waals surface area (Å²) in [5.74, 6) is 1.19. The molecule has 0 saturated carbocycles. The van der Waals surface area contributed by atoms with Crippen molar-refractivity contribution < 1.29 is 14.4 Å². The van der Waals surface area contributed by atoms with Crippen molar-refractivity contribution in [1.29, 1.82) is 0 Å². The van der Waals surface area contributed by atoms with Crippen molar-refractivity contribution in [3.05, 3.63) is 41.5 Å². The van der Waals surface area contributed by atoms with Gasteiger partial charge in [-0.25, -0.2) is 0 Å². The first-order chi connectivity index (χ1) is 12.2. The van der Waals surface area contributed by atoms with Gasteiger partial charge in [0.15, 0.2) is 5.82 Å². The van der Waals surface area contributed by atoms with Crippen LogP contribution in [0.4, 0.5) is 5.69 Å². The predicted octanol–water partition coefficient (Wildman–Crippen LogP) is 2.23. The van der Waals surface area contributed by atoms with E-state index in [0.717, 1.165) is 31.4 Å². The van der Waals surface area contributed by atoms with E-state index in [-0.39, 0.29) is 5.91 Å². The molecule has 25 heavy (non-hydrogen) atoms. The second-order valence-corrected chi connectivity index (χ2v) is 6.34. The zero-order chi connectivity index (χ0) is 17.6. The van der Waals surface area contributed by atoms with Crippen LogP contribution in [-0.4, -0.2) is 45.2 Å². The molecule has 1 atom stereocenters. The number of hydrogen-bond acceptors (Lipinski definition) is 6. The fourth-order valence-corrected chi connectivity index (χ4v) is 2.94. The molecule has 1 fully saturated rings. The van der Waals surface area contributed by atoms with Gasteiger partial charge in [-0.2, -0.15) is 4.98 Å². The number of aliphatic hydroxyl groups is 1. The zero-order valence-corrected chi connectivity index (χ0v) is 14.4. The van der Waals surface area contributed by atoms with Crippen LogP contribution in [0.25, 0.3) is 0 Å². The summed E-state index contributed by atoms with van der Waals surface area (Å²) in [6.45, 7) is 3.59. The highest BCUT2D eigenvalue weighted by atomic mass is 16.5. The van der Waals surface area contributed by atoms with Crippen LogP contribution < -0.4 is 5.32 Å². The van der Waals surface area contributed by atoms with Gasteiger partial charge in [-0.1, -0.05) is 18.1 Å². The standard InChI is InChI=1S/C18H24N4O3/c1-2-5-17-20-16(21-25-17)11-19-14-7-3-6-13(10-14)18(24)22-9-4-8-15(23)12-22/h3,6-7,10,15,19,23H,2,4-5,8-9,11-12H2,1H3/t15-/m1/s1. The Balaban J connectivity index is 1.61. The van der Waals surface area contributed by atoms with E-state index in [2.05, 4.69) is 22.4 Å². The van der Waals surface area contributed by atoms with Crippen LogP contribution >= 0.6 is 0 Å². The lowest BCUT2D eigenvalue weighted by Crippen LogP contribution is -2.42. The largest absolute Gasteiger partial charge is 0.391 e. The number of amides is 1. The van der Waals surface area contributed by atoms with E-state index in [1.807, 2.05) is 18.2 Å². The molecule has 134 valence electrons. The third kappa shape index (κ3) is 4.57. The summed E-state index contributed by atoms with van der Waals surface area (Å²) in [4.78, 5) is 18.6. The van der Waals surface area contributed by atoms with E-state index in [9.17, 15) is 9.90 Å². The van der Waals surface area contributed by atoms with E-state index < -0.39 is 6.10 Å². The number of β-amino-alcohol motifs (C(OH)–C–C–N with tert-alkyl or cyclic N) is 1. The molecule has 1 aliphatic rings. The Hall–Kier alpha value is -2.41. The molecule has 1 saturated heterocycles. The Morgan fingerprint density at radius 1 is 1.48 bits per heavy atom. The first-order valence-corrected chi connectivity index (χ1v) is 8.78. The minimum atomic E-state index is -0.422. The van der Waals surface area contributed by atoms with E-state index >= 15 is 0 Å². The van der Waals surface area contributed by atoms with Crippen molar-refractivity contribution in [2.75, 3.05) is 18.4 Å². The molecule has 1 aliphatic heterocycles. The average molecular weight is 344 g/mol. The van der Waals surface area contributed by atoms with Crippen LogP contribution in [0, 0.1) is 0 Å². The summed E-state index contributed by atoms with van der Waals surface area (Å²) in [5.41, 5.74) is 1.43. The van der Waals surface area contributed by atoms with Gasteiger partial charge in [-0.3, -0.25) is 4.79 Å². The van der Waals surface area contributed by atoms with E-state index in [1.165, 1.54) is 0 Å². The lowest BCUT2D eigenvalue weighted by atomic mass is 10.1. The number of aryl methyl sites for hydroxylation is 1. The number of carbonyl (C=O) groups excluding carboxylic acids is 1. The number of benzene rings is 1. The molecular formula is C18H24N4O3. The van der Waals surface area contributed by atoms with Gasteiger partial charge < -0.3 is 19.8 Å². The lowest BCUT2D eigenvalue weighted by Gasteiger charge is -2.30. The van der Waals surface area contributed by atoms with E-state index in [0.29, 0.717) is 36.9 Å². The van der Waals surface area contributed by atoms with Gasteiger partial charge in [0, 0.05) is 30.8 Å². The van der Waals surface area contributed by atoms with Crippen LogP contribution in [0.2, 0.25) is 0 Å². The molecule has 1 aromatic carbocycles. The Labute approximate surface area is 147 Å². The molecule has 0 radical (unpaired) electrons. The predicted molar refractivity (Wildman–Crippen MR) is 93.2 cm³/mol. The minimum absolute atomic E-state index is 0.0489. The molecule has 1 amide bonds. The zero-order valence-electron chi connectivity index (χ0n) is 14.4. The monoisotopic (exact) mass is 344 g/mol. The third-order valence-electron chi connectivity index (χ3n) is 4.22. The molecule has 2 aromatic rings. The summed E-state index contributed by atoms with van der Waals surface area (Å²) >= 11 is 0. The van der Waals surface area contributed by atoms with Crippen LogP contribution in [0.5, 0.6) is 0 Å². The molecule has 7 heteroatoms. The average Bonchev–Trinajstić information content (AvgIpc) is 3.07. The number of likely N-dealkylation sites (tertiary alicyclic amines) is 1. The van der Waals surface area contributed by atoms with Gasteiger partial charge in [-0.15, -0.1) is 0 Å². The van der Waals surface area contributed by atoms with E-state index in [1.54, 1.807) is 11.0 Å². The fraction of sp³-hybridized carbons (Fsp3) is 0.500. The van der Waals surface area contributed by atoms with Gasteiger partial charge in [0.1, 0.15) is 0 Å². The van der Waals surface area contributed by atoms with Crippen molar-refractivity contribution in [2.24, 2.45) is 0 Å². The van der Waals surface area contributed by atoms with Crippen LogP contribution in [0.1, 0.15) is 48.3 Å². The molecule has 2 heterocycles. The molecule has 2 N–H and O–H groups in total. The molecule has 0 unspecified atom stereocenters. The van der Waals surface area contributed by atoms with Gasteiger partial charge in [0.05, 0.1) is 12.6 Å². The molecule has 3 rings (SSSR count). The van der Waals surface area contributed by atoms with E-state index in [4.69, 9.17) is 4.52 Å². The van der Waals surface area contributed by atoms with Crippen molar-refractivity contribution in [3.63, 3.8) is 0 Å². The number of hydrogen-bond donors (Lipinski definition) is 2. The van der Waals surface area contributed by atoms with Gasteiger partial charge >= 0.3 is 0 Å². The summed E-state index contributed by atoms with van der Waals surface area (Å²) in [7, 11) is 0. The summed E-state index contributed by atoms with van der Waals surface area (Å²) in [5, 5.41) is 16.9. The maximum absolute atomic E-state index is 12.6. The van der Waals surface area contributed by atoms with Crippen LogP contribution in [0.3, 0.4) is 0 Å². The lowest BCUT2D eigenvalue weighted by molar-refractivity contribution is 0.0474. The molecular weight excluding hydrogens is 320 g/mol. The third-order valence-corrected chi connectivity index (χ3v) is 4.22. The molecule has 1 aromatic heterocycles. The van der Waals surface area contributed by atoms with Gasteiger partial charge in [0.25, 0.3) is 5.91 Å². The second-order valence-electron chi connectivity index (χ2n) is 6.34. The normalized spacial score (nSPS) is 17.5. The SMILES string of the molecule is CCCc1nc(CNc2cccc(C(=O)N3CCC[C@@H](O)C3)c2)no1. The molecule has 7 nitrogen and oxygen atoms in total. The van der Waals surface area contributed by atoms with Crippen LogP contribution in [-0.2, 0) is 13.0 Å². The number of nitrogens with zero attached hydrogens (tertiary/aromatic N) is 3. The maximum Gasteiger partial charge on any atom is 0.254 e. The quantitative estimate of drug-likeness (QED) is 0.835. The minimum Gasteiger partial charge on any atom is -0.391 e. The topological polar surface area (TPSA) is 91.5 Å². The van der Waals surface area contributed by atoms with Crippen molar-refractivity contribution in [3.8, 4) is 0 Å². The summed E-state index contributed by atoms with van der Waals surface area (Å²) in [6, 6.07) is 7.35. The highest BCUT2D eigenvalue weighted by molar-refractivity contribution is 5.95. The number of aromatic nitrogens is 2. The summed E-state index contributed by atoms with van der Waals surface area (Å²) < 4.78 is 5.16. The van der Waals surface area contributed by atoms with Crippen molar-refractivity contribution in [2.45, 2.75) is 45.3 Å². The highest BCUT2D eigenvalue weighted by Crippen LogP contribution is 2.17. The second kappa shape index (κ2) is 8.11.